The molecule has 1 heterocycles. The molecule has 4 nitrogen and oxygen atoms in total. The Labute approximate surface area is 132 Å². The molecule has 7 heteroatoms. The van der Waals surface area contributed by atoms with Gasteiger partial charge in [0.15, 0.2) is 0 Å². The lowest BCUT2D eigenvalue weighted by Crippen LogP contribution is -2.51. The first kappa shape index (κ1) is 17.4. The van der Waals surface area contributed by atoms with Crippen molar-refractivity contribution in [1.29, 1.82) is 0 Å². The Morgan fingerprint density at radius 1 is 1.45 bits per heavy atom. The molecule has 112 valence electrons. The average molecular weight is 368 g/mol. The fourth-order valence-corrected chi connectivity index (χ4v) is 2.42. The number of rotatable bonds is 3. The topological polar surface area (TPSA) is 50.4 Å². The normalized spacial score (nSPS) is 17.1. The van der Waals surface area contributed by atoms with Crippen molar-refractivity contribution in [3.8, 4) is 0 Å². The summed E-state index contributed by atoms with van der Waals surface area (Å²) in [6, 6.07) is 4.49. The van der Waals surface area contributed by atoms with E-state index >= 15 is 0 Å². The van der Waals surface area contributed by atoms with E-state index in [4.69, 9.17) is 4.74 Å². The van der Waals surface area contributed by atoms with Crippen molar-refractivity contribution < 1.29 is 13.9 Å². The maximum atomic E-state index is 13.4. The second-order valence-electron chi connectivity index (χ2n) is 4.53. The van der Waals surface area contributed by atoms with E-state index in [-0.39, 0.29) is 18.3 Å². The second-order valence-corrected chi connectivity index (χ2v) is 5.39. The molecule has 0 unspecified atom stereocenters. The van der Waals surface area contributed by atoms with E-state index < -0.39 is 11.4 Å². The van der Waals surface area contributed by atoms with Crippen LogP contribution in [0.5, 0.6) is 0 Å². The predicted octanol–water partition coefficient (Wildman–Crippen LogP) is 2.72. The van der Waals surface area contributed by atoms with Crippen molar-refractivity contribution >= 4 is 39.9 Å². The van der Waals surface area contributed by atoms with Crippen molar-refractivity contribution in [3.63, 3.8) is 0 Å². The Bertz CT molecular complexity index is 481. The largest absolute Gasteiger partial charge is 0.368 e. The van der Waals surface area contributed by atoms with Crippen LogP contribution in [0.4, 0.5) is 10.1 Å². The highest BCUT2D eigenvalue weighted by Crippen LogP contribution is 2.25. The number of hydrogen-bond donors (Lipinski definition) is 2. The summed E-state index contributed by atoms with van der Waals surface area (Å²) in [6.45, 7) is 1.46. The minimum Gasteiger partial charge on any atom is -0.368 e. The van der Waals surface area contributed by atoms with Gasteiger partial charge in [0.2, 0.25) is 0 Å². The van der Waals surface area contributed by atoms with Crippen LogP contribution in [-0.4, -0.2) is 31.7 Å². The highest BCUT2D eigenvalue weighted by Gasteiger charge is 2.39. The van der Waals surface area contributed by atoms with Crippen LogP contribution in [0.25, 0.3) is 0 Å². The van der Waals surface area contributed by atoms with Gasteiger partial charge in [0, 0.05) is 12.8 Å². The Morgan fingerprint density at radius 2 is 2.10 bits per heavy atom. The molecule has 0 aliphatic carbocycles. The number of carbonyl (C=O) groups is 1. The van der Waals surface area contributed by atoms with Crippen LogP contribution in [0.15, 0.2) is 22.7 Å². The Kier molecular flexibility index (Phi) is 6.39. The fraction of sp³-hybridized carbons (Fsp3) is 0.462. The molecule has 20 heavy (non-hydrogen) atoms. The molecular formula is C13H17BrClFN2O2. The van der Waals surface area contributed by atoms with E-state index in [0.717, 1.165) is 13.1 Å². The maximum Gasteiger partial charge on any atom is 0.256 e. The molecule has 1 aliphatic heterocycles. The van der Waals surface area contributed by atoms with Gasteiger partial charge in [-0.05, 0) is 60.1 Å². The summed E-state index contributed by atoms with van der Waals surface area (Å²) in [6.07, 6.45) is 1.21. The second kappa shape index (κ2) is 7.36. The number of carbonyl (C=O) groups excluding carboxylic acids is 1. The predicted molar refractivity (Wildman–Crippen MR) is 81.8 cm³/mol. The van der Waals surface area contributed by atoms with Gasteiger partial charge in [0.25, 0.3) is 5.91 Å². The van der Waals surface area contributed by atoms with E-state index in [0.29, 0.717) is 23.0 Å². The highest BCUT2D eigenvalue weighted by molar-refractivity contribution is 9.10. The third-order valence-electron chi connectivity index (χ3n) is 3.39. The Balaban J connectivity index is 0.00000200. The molecule has 1 fully saturated rings. The number of anilines is 1. The number of hydrogen-bond acceptors (Lipinski definition) is 3. The van der Waals surface area contributed by atoms with Gasteiger partial charge in [0.05, 0.1) is 4.47 Å². The van der Waals surface area contributed by atoms with Crippen molar-refractivity contribution in [2.24, 2.45) is 0 Å². The fourth-order valence-electron chi connectivity index (χ4n) is 2.17. The van der Waals surface area contributed by atoms with Crippen LogP contribution in [0, 0.1) is 5.82 Å². The lowest BCUT2D eigenvalue weighted by molar-refractivity contribution is -0.140. The lowest BCUT2D eigenvalue weighted by Gasteiger charge is -2.34. The third-order valence-corrected chi connectivity index (χ3v) is 4.04. The van der Waals surface area contributed by atoms with Gasteiger partial charge < -0.3 is 15.4 Å². The van der Waals surface area contributed by atoms with Gasteiger partial charge in [-0.1, -0.05) is 0 Å². The lowest BCUT2D eigenvalue weighted by atomic mass is 9.91. The summed E-state index contributed by atoms with van der Waals surface area (Å²) in [5.74, 6) is -0.632. The number of nitrogens with one attached hydrogen (secondary N) is 2. The van der Waals surface area contributed by atoms with Crippen LogP contribution < -0.4 is 10.6 Å². The van der Waals surface area contributed by atoms with E-state index in [1.165, 1.54) is 13.2 Å². The zero-order valence-electron chi connectivity index (χ0n) is 11.0. The molecule has 2 rings (SSSR count). The van der Waals surface area contributed by atoms with E-state index in [9.17, 15) is 9.18 Å². The van der Waals surface area contributed by atoms with Crippen molar-refractivity contribution in [3.05, 3.63) is 28.5 Å². The van der Waals surface area contributed by atoms with Gasteiger partial charge >= 0.3 is 0 Å². The number of ether oxygens (including phenoxy) is 1. The molecule has 0 radical (unpaired) electrons. The Hall–Kier alpha value is -0.690. The summed E-state index contributed by atoms with van der Waals surface area (Å²) >= 11 is 3.08. The zero-order valence-corrected chi connectivity index (χ0v) is 13.4. The minimum absolute atomic E-state index is 0. The maximum absolute atomic E-state index is 13.4. The smallest absolute Gasteiger partial charge is 0.256 e. The van der Waals surface area contributed by atoms with Gasteiger partial charge in [-0.25, -0.2) is 4.39 Å². The van der Waals surface area contributed by atoms with E-state index in [1.807, 2.05) is 0 Å². The molecule has 1 saturated heterocycles. The van der Waals surface area contributed by atoms with Crippen LogP contribution in [0.1, 0.15) is 12.8 Å². The molecule has 0 atom stereocenters. The van der Waals surface area contributed by atoms with E-state index in [2.05, 4.69) is 26.6 Å². The van der Waals surface area contributed by atoms with Crippen LogP contribution in [0.3, 0.4) is 0 Å². The van der Waals surface area contributed by atoms with Gasteiger partial charge in [-0.15, -0.1) is 12.4 Å². The summed E-state index contributed by atoms with van der Waals surface area (Å²) in [5.41, 5.74) is -0.393. The number of amides is 1. The molecule has 1 aromatic rings. The molecule has 2 N–H and O–H groups in total. The quantitative estimate of drug-likeness (QED) is 0.864. The van der Waals surface area contributed by atoms with Crippen LogP contribution >= 0.6 is 28.3 Å². The first-order valence-corrected chi connectivity index (χ1v) is 6.89. The molecule has 1 aromatic carbocycles. The molecule has 0 spiro atoms. The molecular weight excluding hydrogens is 351 g/mol. The number of methoxy groups -OCH3 is 1. The summed E-state index contributed by atoms with van der Waals surface area (Å²) < 4.78 is 19.2. The first-order chi connectivity index (χ1) is 9.07. The van der Waals surface area contributed by atoms with Crippen molar-refractivity contribution in [1.82, 2.24) is 5.32 Å². The standard InChI is InChI=1S/C13H16BrFN2O2.ClH/c1-19-13(4-6-16-7-5-13)12(18)17-9-2-3-10(14)11(15)8-9;/h2-3,8,16H,4-7H2,1H3,(H,17,18);1H. The van der Waals surface area contributed by atoms with E-state index in [1.54, 1.807) is 12.1 Å². The molecule has 1 amide bonds. The van der Waals surface area contributed by atoms with Gasteiger partial charge in [-0.2, -0.15) is 0 Å². The van der Waals surface area contributed by atoms with Gasteiger partial charge in [-0.3, -0.25) is 4.79 Å². The van der Waals surface area contributed by atoms with Crippen molar-refractivity contribution in [2.45, 2.75) is 18.4 Å². The first-order valence-electron chi connectivity index (χ1n) is 6.10. The highest BCUT2D eigenvalue weighted by atomic mass is 79.9. The minimum atomic E-state index is -0.825. The van der Waals surface area contributed by atoms with Crippen LogP contribution in [-0.2, 0) is 9.53 Å². The monoisotopic (exact) mass is 366 g/mol. The average Bonchev–Trinajstić information content (AvgIpc) is 2.43. The number of halogens is 3. The number of benzene rings is 1. The molecule has 1 aliphatic rings. The van der Waals surface area contributed by atoms with Crippen LogP contribution in [0.2, 0.25) is 0 Å². The number of piperidine rings is 1. The molecule has 0 saturated carbocycles. The molecule has 0 bridgehead atoms. The third kappa shape index (κ3) is 3.69. The van der Waals surface area contributed by atoms with Crippen molar-refractivity contribution in [2.75, 3.05) is 25.5 Å². The van der Waals surface area contributed by atoms with Gasteiger partial charge in [0.1, 0.15) is 11.4 Å². The SMILES string of the molecule is COC1(C(=O)Nc2ccc(Br)c(F)c2)CCNCC1.Cl. The summed E-state index contributed by atoms with van der Waals surface area (Å²) in [4.78, 5) is 12.3. The summed E-state index contributed by atoms with van der Waals surface area (Å²) in [7, 11) is 1.53. The summed E-state index contributed by atoms with van der Waals surface area (Å²) in [5, 5.41) is 5.90. The molecule has 0 aromatic heterocycles. The zero-order chi connectivity index (χ0) is 13.9. The Morgan fingerprint density at radius 3 is 2.65 bits per heavy atom.